The number of carboxylic acids is 1. The average molecular weight is 310 g/mol. The number of amides is 2. The van der Waals surface area contributed by atoms with Crippen LogP contribution in [0.3, 0.4) is 0 Å². The van der Waals surface area contributed by atoms with Gasteiger partial charge in [-0.3, -0.25) is 4.79 Å². The topological polar surface area (TPSA) is 78.4 Å². The van der Waals surface area contributed by atoms with E-state index in [4.69, 9.17) is 5.11 Å². The molecule has 2 aliphatic rings. The number of rotatable bonds is 7. The van der Waals surface area contributed by atoms with Gasteiger partial charge < -0.3 is 15.7 Å². The molecular formula is C17H30N2O3. The minimum atomic E-state index is -0.704. The van der Waals surface area contributed by atoms with Crippen LogP contribution in [0.1, 0.15) is 70.6 Å². The fourth-order valence-electron chi connectivity index (χ4n) is 3.78. The number of urea groups is 1. The van der Waals surface area contributed by atoms with E-state index in [1.165, 1.54) is 38.5 Å². The highest BCUT2D eigenvalue weighted by Crippen LogP contribution is 2.28. The smallest absolute Gasteiger partial charge is 0.315 e. The number of aliphatic carboxylic acids is 1. The molecule has 0 aromatic carbocycles. The largest absolute Gasteiger partial charge is 0.481 e. The Kier molecular flexibility index (Phi) is 7.00. The van der Waals surface area contributed by atoms with E-state index in [-0.39, 0.29) is 18.0 Å². The van der Waals surface area contributed by atoms with Gasteiger partial charge in [-0.1, -0.05) is 38.5 Å². The van der Waals surface area contributed by atoms with Gasteiger partial charge in [0.05, 0.1) is 5.92 Å². The molecule has 126 valence electrons. The second-order valence-corrected chi connectivity index (χ2v) is 6.93. The van der Waals surface area contributed by atoms with Gasteiger partial charge in [0.2, 0.25) is 0 Å². The molecule has 2 aliphatic carbocycles. The van der Waals surface area contributed by atoms with Crippen molar-refractivity contribution < 1.29 is 14.7 Å². The molecule has 0 spiro atoms. The third-order valence-corrected chi connectivity index (χ3v) is 5.21. The molecule has 0 aromatic heterocycles. The van der Waals surface area contributed by atoms with Crippen molar-refractivity contribution in [3.63, 3.8) is 0 Å². The van der Waals surface area contributed by atoms with Crippen molar-refractivity contribution in [1.29, 1.82) is 0 Å². The van der Waals surface area contributed by atoms with Crippen LogP contribution in [-0.2, 0) is 4.79 Å². The fraction of sp³-hybridized carbons (Fsp3) is 0.882. The lowest BCUT2D eigenvalue weighted by Crippen LogP contribution is -2.44. The lowest BCUT2D eigenvalue weighted by atomic mass is 9.86. The maximum atomic E-state index is 11.8. The molecule has 0 aromatic rings. The van der Waals surface area contributed by atoms with Gasteiger partial charge in [-0.15, -0.1) is 0 Å². The van der Waals surface area contributed by atoms with Crippen LogP contribution in [0.5, 0.6) is 0 Å². The van der Waals surface area contributed by atoms with Gasteiger partial charge in [0.1, 0.15) is 0 Å². The van der Waals surface area contributed by atoms with Crippen LogP contribution in [0.4, 0.5) is 4.79 Å². The summed E-state index contributed by atoms with van der Waals surface area (Å²) in [5.74, 6) is 0.000101. The summed E-state index contributed by atoms with van der Waals surface area (Å²) in [6.07, 6.45) is 12.0. The molecular weight excluding hydrogens is 280 g/mol. The van der Waals surface area contributed by atoms with Crippen molar-refractivity contribution in [3.8, 4) is 0 Å². The molecule has 2 saturated carbocycles. The normalized spacial score (nSPS) is 25.8. The molecule has 2 amide bonds. The van der Waals surface area contributed by atoms with E-state index in [2.05, 4.69) is 10.6 Å². The first kappa shape index (κ1) is 17.1. The number of hydrogen-bond donors (Lipinski definition) is 3. The molecule has 0 radical (unpaired) electrons. The molecule has 0 atom stereocenters. The van der Waals surface area contributed by atoms with Gasteiger partial charge in [-0.2, -0.15) is 0 Å². The van der Waals surface area contributed by atoms with Crippen molar-refractivity contribution in [2.75, 3.05) is 6.54 Å². The Morgan fingerprint density at radius 2 is 1.64 bits per heavy atom. The summed E-state index contributed by atoms with van der Waals surface area (Å²) < 4.78 is 0. The lowest BCUT2D eigenvalue weighted by Gasteiger charge is -2.26. The zero-order valence-corrected chi connectivity index (χ0v) is 13.5. The second-order valence-electron chi connectivity index (χ2n) is 6.93. The molecule has 5 nitrogen and oxygen atoms in total. The minimum Gasteiger partial charge on any atom is -0.481 e. The number of carbonyl (C=O) groups excluding carboxylic acids is 1. The molecule has 0 unspecified atom stereocenters. The molecule has 0 heterocycles. The van der Waals surface area contributed by atoms with E-state index in [0.29, 0.717) is 12.8 Å². The van der Waals surface area contributed by atoms with Gasteiger partial charge in [-0.25, -0.2) is 4.79 Å². The standard InChI is InChI=1S/C17H30N2O3/c20-16(21)14-8-10-15(11-9-14)19-17(22)18-12-4-3-7-13-5-1-2-6-13/h13-15H,1-12H2,(H,20,21)(H2,18,19,22). The highest BCUT2D eigenvalue weighted by molar-refractivity contribution is 5.74. The minimum absolute atomic E-state index is 0.0976. The van der Waals surface area contributed by atoms with Crippen LogP contribution in [-0.4, -0.2) is 29.7 Å². The summed E-state index contributed by atoms with van der Waals surface area (Å²) in [6, 6.07) is 0.0359. The van der Waals surface area contributed by atoms with Crippen LogP contribution in [0.25, 0.3) is 0 Å². The van der Waals surface area contributed by atoms with Crippen LogP contribution in [0, 0.1) is 11.8 Å². The van der Waals surface area contributed by atoms with Crippen molar-refractivity contribution in [2.24, 2.45) is 11.8 Å². The van der Waals surface area contributed by atoms with Crippen LogP contribution in [0.15, 0.2) is 0 Å². The van der Waals surface area contributed by atoms with Crippen LogP contribution < -0.4 is 10.6 Å². The van der Waals surface area contributed by atoms with Gasteiger partial charge >= 0.3 is 12.0 Å². The van der Waals surface area contributed by atoms with Gasteiger partial charge in [0.25, 0.3) is 0 Å². The number of hydrogen-bond acceptors (Lipinski definition) is 2. The Bertz CT molecular complexity index is 359. The average Bonchev–Trinajstić information content (AvgIpc) is 3.00. The highest BCUT2D eigenvalue weighted by atomic mass is 16.4. The van der Waals surface area contributed by atoms with Crippen molar-refractivity contribution in [1.82, 2.24) is 10.6 Å². The third kappa shape index (κ3) is 5.85. The summed E-state index contributed by atoms with van der Waals surface area (Å²) >= 11 is 0. The summed E-state index contributed by atoms with van der Waals surface area (Å²) in [5, 5.41) is 14.8. The molecule has 5 heteroatoms. The zero-order valence-electron chi connectivity index (χ0n) is 13.5. The number of carboxylic acid groups (broad SMARTS) is 1. The predicted octanol–water partition coefficient (Wildman–Crippen LogP) is 3.29. The van der Waals surface area contributed by atoms with Crippen molar-refractivity contribution in [3.05, 3.63) is 0 Å². The van der Waals surface area contributed by atoms with Gasteiger partial charge in [-0.05, 0) is 38.0 Å². The van der Waals surface area contributed by atoms with E-state index in [1.54, 1.807) is 0 Å². The maximum Gasteiger partial charge on any atom is 0.315 e. The number of carbonyl (C=O) groups is 2. The van der Waals surface area contributed by atoms with Gasteiger partial charge in [0, 0.05) is 12.6 Å². The SMILES string of the molecule is O=C(NCCCCC1CCCC1)NC1CCC(C(=O)O)CC1. The fourth-order valence-corrected chi connectivity index (χ4v) is 3.78. The Hall–Kier alpha value is -1.26. The van der Waals surface area contributed by atoms with Crippen molar-refractivity contribution >= 4 is 12.0 Å². The van der Waals surface area contributed by atoms with Gasteiger partial charge in [0.15, 0.2) is 0 Å². The molecule has 0 saturated heterocycles. The highest BCUT2D eigenvalue weighted by Gasteiger charge is 2.26. The quantitative estimate of drug-likeness (QED) is 0.631. The predicted molar refractivity (Wildman–Crippen MR) is 85.7 cm³/mol. The molecule has 0 aliphatic heterocycles. The Morgan fingerprint density at radius 3 is 2.27 bits per heavy atom. The molecule has 3 N–H and O–H groups in total. The Morgan fingerprint density at radius 1 is 0.955 bits per heavy atom. The third-order valence-electron chi connectivity index (χ3n) is 5.21. The summed E-state index contributed by atoms with van der Waals surface area (Å²) in [5.41, 5.74) is 0. The maximum absolute atomic E-state index is 11.8. The lowest BCUT2D eigenvalue weighted by molar-refractivity contribution is -0.142. The Labute approximate surface area is 133 Å². The van der Waals surface area contributed by atoms with Crippen molar-refractivity contribution in [2.45, 2.75) is 76.7 Å². The molecule has 0 bridgehead atoms. The Balaban J connectivity index is 1.48. The van der Waals surface area contributed by atoms with E-state index in [9.17, 15) is 9.59 Å². The van der Waals surface area contributed by atoms with E-state index < -0.39 is 5.97 Å². The summed E-state index contributed by atoms with van der Waals surface area (Å²) in [4.78, 5) is 22.7. The molecule has 2 rings (SSSR count). The van der Waals surface area contributed by atoms with E-state index in [1.807, 2.05) is 0 Å². The molecule has 22 heavy (non-hydrogen) atoms. The van der Waals surface area contributed by atoms with Crippen LogP contribution >= 0.6 is 0 Å². The summed E-state index contributed by atoms with van der Waals surface area (Å²) in [6.45, 7) is 0.739. The summed E-state index contributed by atoms with van der Waals surface area (Å²) in [7, 11) is 0. The second kappa shape index (κ2) is 9.01. The zero-order chi connectivity index (χ0) is 15.8. The van der Waals surface area contributed by atoms with E-state index >= 15 is 0 Å². The molecule has 2 fully saturated rings. The first-order valence-corrected chi connectivity index (χ1v) is 8.92. The number of unbranched alkanes of at least 4 members (excludes halogenated alkanes) is 1. The number of nitrogens with one attached hydrogen (secondary N) is 2. The van der Waals surface area contributed by atoms with Crippen LogP contribution in [0.2, 0.25) is 0 Å². The monoisotopic (exact) mass is 310 g/mol. The first-order valence-electron chi connectivity index (χ1n) is 8.92. The first-order chi connectivity index (χ1) is 10.6. The van der Waals surface area contributed by atoms with E-state index in [0.717, 1.165) is 31.7 Å².